The third-order valence-corrected chi connectivity index (χ3v) is 10.8. The van der Waals surface area contributed by atoms with Crippen molar-refractivity contribution in [1.82, 2.24) is 19.9 Å². The van der Waals surface area contributed by atoms with Crippen molar-refractivity contribution in [3.8, 4) is 45.5 Å². The molecule has 0 saturated carbocycles. The minimum absolute atomic E-state index is 0.122. The van der Waals surface area contributed by atoms with E-state index in [1.54, 1.807) is 73.3 Å². The Morgan fingerprint density at radius 3 is 1.41 bits per heavy atom. The number of ether oxygens (including phenoxy) is 2. The fraction of sp³-hybridized carbons (Fsp3) is 0.0889. The summed E-state index contributed by atoms with van der Waals surface area (Å²) in [5, 5.41) is 6.22. The lowest BCUT2D eigenvalue weighted by Crippen LogP contribution is -2.18. The molecule has 4 heterocycles. The van der Waals surface area contributed by atoms with Crippen LogP contribution in [0.4, 0.5) is 30.4 Å². The van der Waals surface area contributed by atoms with E-state index in [0.717, 1.165) is 22.7 Å². The molecule has 288 valence electrons. The number of anilines is 4. The molecule has 0 bridgehead atoms. The smallest absolute Gasteiger partial charge is 0.206 e. The van der Waals surface area contributed by atoms with Gasteiger partial charge in [0, 0.05) is 70.3 Å². The Morgan fingerprint density at radius 1 is 0.586 bits per heavy atom. The summed E-state index contributed by atoms with van der Waals surface area (Å²) in [5.41, 5.74) is 3.92. The van der Waals surface area contributed by atoms with E-state index in [4.69, 9.17) is 9.47 Å². The van der Waals surface area contributed by atoms with Gasteiger partial charge in [-0.2, -0.15) is 8.78 Å². The summed E-state index contributed by atoms with van der Waals surface area (Å²) in [6.45, 7) is 3.66. The normalized spacial score (nSPS) is 12.1. The van der Waals surface area contributed by atoms with Crippen LogP contribution in [0.5, 0.6) is 23.0 Å². The molecule has 8 aromatic rings. The molecule has 0 radical (unpaired) electrons. The number of nitrogens with one attached hydrogen (secondary N) is 2. The Labute approximate surface area is 341 Å². The number of carbonyl (C=O) groups is 1. The monoisotopic (exact) mass is 808 g/mol. The Bertz CT molecular complexity index is 2480. The molecule has 58 heavy (non-hydrogen) atoms. The third-order valence-electron chi connectivity index (χ3n) is 9.29. The first-order valence-corrected chi connectivity index (χ1v) is 19.9. The van der Waals surface area contributed by atoms with Crippen LogP contribution in [0.25, 0.3) is 22.5 Å². The second-order valence-corrected chi connectivity index (χ2v) is 15.1. The molecule has 9 nitrogen and oxygen atoms in total. The van der Waals surface area contributed by atoms with Crippen LogP contribution >= 0.6 is 22.7 Å². The topological polar surface area (TPSA) is 111 Å². The molecule has 4 aromatic carbocycles. The molecule has 0 fully saturated rings. The number of carbonyl (C=O) groups excluding carboxylic acids is 1. The minimum atomic E-state index is -0.689. The maximum Gasteiger partial charge on any atom is 0.206 e. The largest absolute Gasteiger partial charge is 0.457 e. The quantitative estimate of drug-likeness (QED) is 0.111. The van der Waals surface area contributed by atoms with Gasteiger partial charge in [0.2, 0.25) is 10.3 Å². The number of aromatic nitrogens is 4. The van der Waals surface area contributed by atoms with E-state index in [2.05, 4.69) is 30.6 Å². The van der Waals surface area contributed by atoms with Crippen LogP contribution in [0.3, 0.4) is 0 Å². The molecule has 2 N–H and O–H groups in total. The van der Waals surface area contributed by atoms with Crippen molar-refractivity contribution >= 4 is 50.1 Å². The minimum Gasteiger partial charge on any atom is -0.457 e. The second-order valence-electron chi connectivity index (χ2n) is 13.2. The first kappa shape index (κ1) is 38.1. The highest BCUT2D eigenvalue weighted by Crippen LogP contribution is 2.41. The molecule has 13 heteroatoms. The summed E-state index contributed by atoms with van der Waals surface area (Å²) in [5.74, 6) is 0.667. The average Bonchev–Trinajstić information content (AvgIpc) is 3.82. The number of benzene rings is 4. The number of pyridine rings is 2. The molecule has 4 aromatic heterocycles. The van der Waals surface area contributed by atoms with Gasteiger partial charge in [-0.05, 0) is 84.9 Å². The maximum atomic E-state index is 15.1. The lowest BCUT2D eigenvalue weighted by Gasteiger charge is -2.23. The summed E-state index contributed by atoms with van der Waals surface area (Å²) >= 11 is 1.75. The molecular formula is C45H34F2N6O3S2. The van der Waals surface area contributed by atoms with E-state index in [1.165, 1.54) is 0 Å². The van der Waals surface area contributed by atoms with Crippen LogP contribution in [0.2, 0.25) is 0 Å². The van der Waals surface area contributed by atoms with E-state index in [-0.39, 0.29) is 17.2 Å². The zero-order valence-corrected chi connectivity index (χ0v) is 32.7. The van der Waals surface area contributed by atoms with Gasteiger partial charge in [-0.25, -0.2) is 9.97 Å². The summed E-state index contributed by atoms with van der Waals surface area (Å²) in [6, 6.07) is 36.4. The Kier molecular flexibility index (Phi) is 11.2. The predicted octanol–water partition coefficient (Wildman–Crippen LogP) is 12.5. The highest BCUT2D eigenvalue weighted by Gasteiger charge is 2.29. The molecule has 8 rings (SSSR count). The van der Waals surface area contributed by atoms with E-state index in [0.29, 0.717) is 66.9 Å². The van der Waals surface area contributed by atoms with Crippen LogP contribution in [0.15, 0.2) is 146 Å². The second kappa shape index (κ2) is 17.1. The molecular weight excluding hydrogens is 775 g/mol. The van der Waals surface area contributed by atoms with Gasteiger partial charge < -0.3 is 20.1 Å². The van der Waals surface area contributed by atoms with Gasteiger partial charge in [-0.15, -0.1) is 0 Å². The number of ketones is 1. The molecule has 2 unspecified atom stereocenters. The molecule has 0 spiro atoms. The Morgan fingerprint density at radius 2 is 1.02 bits per heavy atom. The lowest BCUT2D eigenvalue weighted by molar-refractivity contribution is -0.121. The van der Waals surface area contributed by atoms with E-state index >= 15 is 8.78 Å². The first-order valence-electron chi connectivity index (χ1n) is 18.2. The van der Waals surface area contributed by atoms with Crippen molar-refractivity contribution in [3.05, 3.63) is 168 Å². The summed E-state index contributed by atoms with van der Waals surface area (Å²) in [7, 11) is 0. The van der Waals surface area contributed by atoms with E-state index in [1.807, 2.05) is 86.6 Å². The number of Topliss-reactive ketones (excluding diaryl/α,β-unsaturated/α-hetero) is 1. The van der Waals surface area contributed by atoms with Crippen molar-refractivity contribution in [3.63, 3.8) is 0 Å². The maximum absolute atomic E-state index is 15.1. The molecule has 0 aliphatic carbocycles. The zero-order chi connectivity index (χ0) is 40.0. The fourth-order valence-electron chi connectivity index (χ4n) is 6.35. The van der Waals surface area contributed by atoms with Crippen LogP contribution in [0, 0.1) is 10.3 Å². The number of rotatable bonds is 14. The van der Waals surface area contributed by atoms with Gasteiger partial charge in [-0.1, -0.05) is 72.9 Å². The van der Waals surface area contributed by atoms with Gasteiger partial charge in [-0.3, -0.25) is 14.8 Å². The van der Waals surface area contributed by atoms with E-state index in [9.17, 15) is 4.79 Å². The van der Waals surface area contributed by atoms with Crippen LogP contribution in [-0.4, -0.2) is 25.7 Å². The van der Waals surface area contributed by atoms with Crippen LogP contribution < -0.4 is 20.1 Å². The van der Waals surface area contributed by atoms with Crippen molar-refractivity contribution in [1.29, 1.82) is 0 Å². The average molecular weight is 809 g/mol. The standard InChI is InChI=1S/C45H34F2N6O3S2/c1-27(35-23-31(17-19-37(35)55-33-13-5-3-6-14-33)50-44-52-39(42(46)57-44)29-11-9-21-48-25-29)41(54)28(2)36-24-32(18-20-38(36)56-34-15-7-4-8-16-34)51-45-53-40(43(47)58-45)30-12-10-22-49-26-30/h3-28H,1-2H3,(H,50,52)(H,51,53). The van der Waals surface area contributed by atoms with Crippen molar-refractivity contribution in [2.24, 2.45) is 0 Å². The lowest BCUT2D eigenvalue weighted by atomic mass is 9.84. The molecule has 0 aliphatic rings. The van der Waals surface area contributed by atoms with Gasteiger partial charge in [0.1, 0.15) is 40.2 Å². The number of thiazole rings is 2. The molecule has 2 atom stereocenters. The first-order chi connectivity index (χ1) is 28.3. The Hall–Kier alpha value is -6.83. The highest BCUT2D eigenvalue weighted by atomic mass is 32.1. The summed E-state index contributed by atoms with van der Waals surface area (Å²) in [6.07, 6.45) is 6.36. The molecule has 0 amide bonds. The highest BCUT2D eigenvalue weighted by molar-refractivity contribution is 7.14. The van der Waals surface area contributed by atoms with Gasteiger partial charge in [0.05, 0.1) is 0 Å². The van der Waals surface area contributed by atoms with Crippen LogP contribution in [-0.2, 0) is 4.79 Å². The predicted molar refractivity (Wildman–Crippen MR) is 225 cm³/mol. The third kappa shape index (κ3) is 8.60. The number of para-hydroxylation sites is 2. The zero-order valence-electron chi connectivity index (χ0n) is 31.1. The van der Waals surface area contributed by atoms with Crippen molar-refractivity contribution in [2.45, 2.75) is 25.7 Å². The SMILES string of the molecule is CC(C(=O)C(C)c1cc(Nc2nc(-c3cccnc3)c(F)s2)ccc1Oc1ccccc1)c1cc(Nc2nc(-c3cccnc3)c(F)s2)ccc1Oc1ccccc1. The number of halogens is 2. The number of nitrogens with zero attached hydrogens (tertiary/aromatic N) is 4. The van der Waals surface area contributed by atoms with E-state index < -0.39 is 22.1 Å². The molecule has 0 aliphatic heterocycles. The Balaban J connectivity index is 1.11. The summed E-state index contributed by atoms with van der Waals surface area (Å²) < 4.78 is 42.8. The van der Waals surface area contributed by atoms with Crippen LogP contribution in [0.1, 0.15) is 36.8 Å². The van der Waals surface area contributed by atoms with Gasteiger partial charge >= 0.3 is 0 Å². The molecule has 0 saturated heterocycles. The number of hydrogen-bond acceptors (Lipinski definition) is 11. The van der Waals surface area contributed by atoms with Gasteiger partial charge in [0.25, 0.3) is 0 Å². The van der Waals surface area contributed by atoms with Gasteiger partial charge in [0.15, 0.2) is 10.3 Å². The number of hydrogen-bond donors (Lipinski definition) is 2. The fourth-order valence-corrected chi connectivity index (χ4v) is 7.82. The van der Waals surface area contributed by atoms with Crippen molar-refractivity contribution < 1.29 is 23.0 Å². The summed E-state index contributed by atoms with van der Waals surface area (Å²) in [4.78, 5) is 31.9. The van der Waals surface area contributed by atoms with Crippen molar-refractivity contribution in [2.75, 3.05) is 10.6 Å².